The molecular weight excluding hydrogens is 1060 g/mol. The second-order valence-corrected chi connectivity index (χ2v) is 19.4. The van der Waals surface area contributed by atoms with Crippen LogP contribution in [0.1, 0.15) is 65.6 Å². The Labute approximate surface area is 463 Å². The highest BCUT2D eigenvalue weighted by molar-refractivity contribution is 6.35. The van der Waals surface area contributed by atoms with Crippen molar-refractivity contribution in [3.63, 3.8) is 0 Å². The average molecular weight is 1120 g/mol. The number of carbonyl (C=O) groups is 3. The van der Waals surface area contributed by atoms with E-state index in [1.165, 1.54) is 59.7 Å². The lowest BCUT2D eigenvalue weighted by atomic mass is 10.0. The van der Waals surface area contributed by atoms with E-state index in [0.717, 1.165) is 0 Å². The summed E-state index contributed by atoms with van der Waals surface area (Å²) < 4.78 is 60.8. The summed E-state index contributed by atoms with van der Waals surface area (Å²) >= 11 is 6.72. The molecule has 7 heterocycles. The van der Waals surface area contributed by atoms with Crippen molar-refractivity contribution in [2.75, 3.05) is 76.0 Å². The van der Waals surface area contributed by atoms with Crippen molar-refractivity contribution in [2.24, 2.45) is 0 Å². The molecule has 2 aromatic carbocycles. The van der Waals surface area contributed by atoms with Crippen LogP contribution in [-0.2, 0) is 37.0 Å². The molecule has 0 spiro atoms. The standard InChI is InChI=1S/C55H56ClF2N13O9/c1-33-28-69(55-61-26-38(27-62-55)51-45(58)23-46-52(65-51)53(50(56)35(3)63-46)64-34(2)43-21-36(24-59)7-9-44(43)57)15-16-71(33)48(72)30-70-29-39(66-67-70)31-77-19-17-76-18-20-78-32-49(73)68-13-11-40(12-14-68)79-41-5-4-6-42(22-41)80-47-10-8-37(25-60-47)54(74)75/h4-10,21-23,25-27,29,33-34,40H,11-20,28,30-32H2,1-3H3,(H,63,64)(H,74,75). The second-order valence-electron chi connectivity index (χ2n) is 19.0. The number of pyridine rings is 3. The van der Waals surface area contributed by atoms with Crippen molar-refractivity contribution in [3.8, 4) is 34.7 Å². The molecule has 2 aliphatic rings. The quantitative estimate of drug-likeness (QED) is 0.0636. The number of benzene rings is 2. The van der Waals surface area contributed by atoms with Crippen molar-refractivity contribution < 1.29 is 52.0 Å². The number of nitrogens with zero attached hydrogens (tertiary/aromatic N) is 12. The number of hydrogen-bond donors (Lipinski definition) is 2. The number of carboxylic acids is 1. The van der Waals surface area contributed by atoms with E-state index in [0.29, 0.717) is 97.8 Å². The number of aromatic carboxylic acids is 1. The van der Waals surface area contributed by atoms with Gasteiger partial charge in [0.05, 0.1) is 84.4 Å². The maximum Gasteiger partial charge on any atom is 0.337 e. The summed E-state index contributed by atoms with van der Waals surface area (Å²) in [6.45, 7) is 8.82. The van der Waals surface area contributed by atoms with Gasteiger partial charge in [0.25, 0.3) is 0 Å². The van der Waals surface area contributed by atoms with Crippen molar-refractivity contribution in [1.29, 1.82) is 5.26 Å². The van der Waals surface area contributed by atoms with Gasteiger partial charge >= 0.3 is 5.97 Å². The first-order valence-corrected chi connectivity index (χ1v) is 26.1. The molecule has 9 rings (SSSR count). The maximum atomic E-state index is 15.7. The zero-order valence-corrected chi connectivity index (χ0v) is 44.7. The van der Waals surface area contributed by atoms with Crippen molar-refractivity contribution in [1.82, 2.24) is 49.7 Å². The van der Waals surface area contributed by atoms with E-state index in [4.69, 9.17) is 40.4 Å². The molecule has 2 saturated heterocycles. The number of amides is 2. The van der Waals surface area contributed by atoms with Gasteiger partial charge < -0.3 is 48.8 Å². The predicted molar refractivity (Wildman–Crippen MR) is 286 cm³/mol. The molecule has 0 bridgehead atoms. The molecule has 2 N–H and O–H groups in total. The summed E-state index contributed by atoms with van der Waals surface area (Å²) in [6.07, 6.45) is 7.05. The Kier molecular flexibility index (Phi) is 18.3. The lowest BCUT2D eigenvalue weighted by Gasteiger charge is -2.39. The molecule has 7 aromatic rings. The zero-order valence-electron chi connectivity index (χ0n) is 43.9. The molecule has 5 aromatic heterocycles. The molecule has 2 unspecified atom stereocenters. The number of piperidine rings is 1. The van der Waals surface area contributed by atoms with Crippen LogP contribution in [0.4, 0.5) is 20.4 Å². The highest BCUT2D eigenvalue weighted by Crippen LogP contribution is 2.37. The fourth-order valence-corrected chi connectivity index (χ4v) is 9.33. The summed E-state index contributed by atoms with van der Waals surface area (Å²) in [4.78, 5) is 65.0. The van der Waals surface area contributed by atoms with E-state index in [1.807, 2.05) is 24.0 Å². The summed E-state index contributed by atoms with van der Waals surface area (Å²) in [6, 6.07) is 16.5. The molecule has 22 nitrogen and oxygen atoms in total. The van der Waals surface area contributed by atoms with Gasteiger partial charge in [-0.15, -0.1) is 5.10 Å². The van der Waals surface area contributed by atoms with Gasteiger partial charge in [0.15, 0.2) is 5.82 Å². The van der Waals surface area contributed by atoms with Crippen LogP contribution in [-0.4, -0.2) is 151 Å². The number of aryl methyl sites for hydroxylation is 1. The number of carboxylic acid groups (broad SMARTS) is 1. The van der Waals surface area contributed by atoms with Gasteiger partial charge in [-0.25, -0.2) is 43.2 Å². The number of rotatable bonds is 22. The largest absolute Gasteiger partial charge is 0.490 e. The maximum absolute atomic E-state index is 15.7. The molecule has 2 atom stereocenters. The third-order valence-corrected chi connectivity index (χ3v) is 13.8. The van der Waals surface area contributed by atoms with Crippen LogP contribution < -0.4 is 19.7 Å². The second kappa shape index (κ2) is 26.0. The molecule has 25 heteroatoms. The van der Waals surface area contributed by atoms with E-state index in [1.54, 1.807) is 48.0 Å². The first-order chi connectivity index (χ1) is 38.7. The van der Waals surface area contributed by atoms with Crippen LogP contribution in [0.25, 0.3) is 22.3 Å². The smallest absolute Gasteiger partial charge is 0.337 e. The normalized spacial score (nSPS) is 15.2. The summed E-state index contributed by atoms with van der Waals surface area (Å²) in [5.41, 5.74) is 2.62. The van der Waals surface area contributed by atoms with Crippen molar-refractivity contribution >= 4 is 52.1 Å². The summed E-state index contributed by atoms with van der Waals surface area (Å²) in [7, 11) is 0. The Morgan fingerprint density at radius 3 is 2.39 bits per heavy atom. The molecule has 2 fully saturated rings. The summed E-state index contributed by atoms with van der Waals surface area (Å²) in [5, 5.41) is 30.1. The molecule has 416 valence electrons. The van der Waals surface area contributed by atoms with Gasteiger partial charge in [-0.2, -0.15) is 5.26 Å². The molecule has 2 aliphatic heterocycles. The molecule has 80 heavy (non-hydrogen) atoms. The van der Waals surface area contributed by atoms with E-state index in [-0.39, 0.29) is 102 Å². The number of aromatic nitrogens is 8. The molecule has 2 amide bonds. The van der Waals surface area contributed by atoms with Crippen LogP contribution in [0.15, 0.2) is 85.5 Å². The van der Waals surface area contributed by atoms with Crippen LogP contribution in [0.5, 0.6) is 17.4 Å². The molecular formula is C55H56ClF2N13O9. The van der Waals surface area contributed by atoms with E-state index >= 15 is 4.39 Å². The highest BCUT2D eigenvalue weighted by atomic mass is 35.5. The van der Waals surface area contributed by atoms with Gasteiger partial charge in [-0.05, 0) is 57.2 Å². The monoisotopic (exact) mass is 1120 g/mol. The van der Waals surface area contributed by atoms with Crippen molar-refractivity contribution in [3.05, 3.63) is 130 Å². The lowest BCUT2D eigenvalue weighted by Crippen LogP contribution is -2.55. The number of nitrogens with one attached hydrogen (secondary N) is 1. The highest BCUT2D eigenvalue weighted by Gasteiger charge is 2.30. The van der Waals surface area contributed by atoms with Crippen LogP contribution >= 0.6 is 11.6 Å². The number of hydrogen-bond acceptors (Lipinski definition) is 18. The van der Waals surface area contributed by atoms with Gasteiger partial charge in [0.1, 0.15) is 53.5 Å². The Hall–Kier alpha value is -8.50. The predicted octanol–water partition coefficient (Wildman–Crippen LogP) is 7.21. The van der Waals surface area contributed by atoms with E-state index < -0.39 is 23.6 Å². The third kappa shape index (κ3) is 14.0. The SMILES string of the molecule is Cc1nc2cc(F)c(-c3cnc(N4CCN(C(=O)Cn5cc(COCCOCCOCC(=O)N6CCC(Oc7cccc(Oc8ccc(C(=O)O)cn8)c7)CC6)nn5)C(C)C4)nc3)nc2c(NC(C)c2cc(C#N)ccc2F)c1Cl. The van der Waals surface area contributed by atoms with Crippen molar-refractivity contribution in [2.45, 2.75) is 65.0 Å². The Balaban J connectivity index is 0.651. The Morgan fingerprint density at radius 1 is 0.887 bits per heavy atom. The number of nitriles is 1. The van der Waals surface area contributed by atoms with Gasteiger partial charge in [-0.1, -0.05) is 22.9 Å². The van der Waals surface area contributed by atoms with E-state index in [9.17, 15) is 24.0 Å². The van der Waals surface area contributed by atoms with Crippen LogP contribution in [0, 0.1) is 29.9 Å². The topological polar surface area (TPSA) is 258 Å². The van der Waals surface area contributed by atoms with Crippen LogP contribution in [0.3, 0.4) is 0 Å². The minimum atomic E-state index is -1.07. The first-order valence-electron chi connectivity index (χ1n) is 25.7. The Morgan fingerprint density at radius 2 is 1.65 bits per heavy atom. The number of piperazine rings is 1. The minimum absolute atomic E-state index is 0.0193. The van der Waals surface area contributed by atoms with Gasteiger partial charge in [0.2, 0.25) is 23.6 Å². The number of carbonyl (C=O) groups excluding carboxylic acids is 2. The molecule has 0 radical (unpaired) electrons. The van der Waals surface area contributed by atoms with Gasteiger partial charge in [-0.3, -0.25) is 9.59 Å². The lowest BCUT2D eigenvalue weighted by molar-refractivity contribution is -0.138. The number of fused-ring (bicyclic) bond motifs is 1. The van der Waals surface area contributed by atoms with E-state index in [2.05, 4.69) is 40.5 Å². The number of halogens is 3. The fourth-order valence-electron chi connectivity index (χ4n) is 9.14. The Bertz CT molecular complexity index is 3380. The third-order valence-electron chi connectivity index (χ3n) is 13.3. The van der Waals surface area contributed by atoms with Gasteiger partial charge in [0, 0.05) is 99.5 Å². The summed E-state index contributed by atoms with van der Waals surface area (Å²) in [5.74, 6) is -0.727. The molecule has 0 aliphatic carbocycles. The number of likely N-dealkylation sites (tertiary alicyclic amines) is 1. The number of anilines is 2. The van der Waals surface area contributed by atoms with Crippen LogP contribution in [0.2, 0.25) is 5.02 Å². The zero-order chi connectivity index (χ0) is 56.3. The average Bonchev–Trinajstić information content (AvgIpc) is 3.91. The fraction of sp³-hybridized carbons (Fsp3) is 0.364. The first kappa shape index (κ1) is 56.2. The number of ether oxygens (including phenoxy) is 5. The molecule has 0 saturated carbocycles. The minimum Gasteiger partial charge on any atom is -0.490 e.